The Morgan fingerprint density at radius 2 is 1.01 bits per heavy atom. The molecule has 0 spiro atoms. The van der Waals surface area contributed by atoms with Gasteiger partial charge in [0.1, 0.15) is 5.78 Å². The number of ketones is 3. The molecule has 2 aliphatic heterocycles. The average Bonchev–Trinajstić information content (AvgIpc) is 0.968. The molecule has 0 amide bonds. The second-order valence-corrected chi connectivity index (χ2v) is 27.1. The Kier molecular flexibility index (Phi) is 25.4. The molecule has 10 nitrogen and oxygen atoms in total. The van der Waals surface area contributed by atoms with E-state index in [0.717, 1.165) is 110 Å². The summed E-state index contributed by atoms with van der Waals surface area (Å²) in [4.78, 5) is 59.6. The van der Waals surface area contributed by atoms with Crippen molar-refractivity contribution in [3.8, 4) is 0 Å². The number of hydrogen-bond donors (Lipinski definition) is 0. The molecule has 2 saturated heterocycles. The minimum atomic E-state index is -3.44. The fourth-order valence-corrected chi connectivity index (χ4v) is 14.3. The molecule has 12 heteroatoms. The van der Waals surface area contributed by atoms with Gasteiger partial charge in [0.15, 0.2) is 11.6 Å². The predicted molar refractivity (Wildman–Crippen MR) is 364 cm³/mol. The maximum absolute atomic E-state index is 14.2. The van der Waals surface area contributed by atoms with Gasteiger partial charge in [-0.2, -0.15) is 0 Å². The van der Waals surface area contributed by atoms with Crippen LogP contribution in [0.4, 0.5) is 5.69 Å². The Morgan fingerprint density at radius 3 is 1.47 bits per heavy atom. The third kappa shape index (κ3) is 18.2. The van der Waals surface area contributed by atoms with Crippen LogP contribution < -0.4 is 15.5 Å². The van der Waals surface area contributed by atoms with Crippen LogP contribution in [-0.4, -0.2) is 118 Å². The summed E-state index contributed by atoms with van der Waals surface area (Å²) in [5, 5.41) is 1.15. The zero-order valence-electron chi connectivity index (χ0n) is 53.2. The smallest absolute Gasteiger partial charge is 0.230 e. The van der Waals surface area contributed by atoms with Crippen molar-refractivity contribution in [2.45, 2.75) is 78.2 Å². The molecule has 0 aliphatic carbocycles. The molecule has 1 unspecified atom stereocenters. The van der Waals surface area contributed by atoms with E-state index in [4.69, 9.17) is 9.47 Å². The van der Waals surface area contributed by atoms with Gasteiger partial charge in [-0.25, -0.2) is 0 Å². The monoisotopic (exact) mass is 1220 g/mol. The minimum absolute atomic E-state index is 0.0752. The van der Waals surface area contributed by atoms with Crippen LogP contribution in [0.2, 0.25) is 0 Å². The molecular weight excluding hydrogens is 1130 g/mol. The molecule has 8 aromatic carbocycles. The molecule has 1 atom stereocenters. The van der Waals surface area contributed by atoms with Crippen molar-refractivity contribution in [3.63, 3.8) is 0 Å². The topological polar surface area (TPSA) is 114 Å². The van der Waals surface area contributed by atoms with Crippen molar-refractivity contribution in [3.05, 3.63) is 262 Å². The number of hydrogen-bond acceptors (Lipinski definition) is 11. The van der Waals surface area contributed by atoms with Crippen LogP contribution in [0.5, 0.6) is 0 Å². The maximum Gasteiger partial charge on any atom is 0.230 e. The molecule has 10 rings (SSSR count). The normalized spacial score (nSPS) is 14.1. The Morgan fingerprint density at radius 1 is 0.557 bits per heavy atom. The van der Waals surface area contributed by atoms with Crippen LogP contribution >= 0.6 is 18.9 Å². The number of carbonyl (C=O) groups excluding carboxylic acids is 4. The van der Waals surface area contributed by atoms with E-state index in [2.05, 4.69) is 109 Å². The molecule has 0 aromatic heterocycles. The second kappa shape index (κ2) is 32.8. The number of ether oxygens (including phenoxy) is 2. The lowest BCUT2D eigenvalue weighted by molar-refractivity contribution is -0.128. The average molecular weight is 1220 g/mol. The van der Waals surface area contributed by atoms with Gasteiger partial charge in [-0.05, 0) is 120 Å². The molecule has 0 N–H and O–H groups in total. The number of anilines is 1. The fraction of sp³-hybridized carbons (Fsp3) is 0.316. The molecule has 0 saturated carbocycles. The largest absolute Gasteiger partial charge is 0.379 e. The molecule has 0 radical (unpaired) electrons. The van der Waals surface area contributed by atoms with Crippen molar-refractivity contribution in [1.82, 2.24) is 9.80 Å². The first-order valence-electron chi connectivity index (χ1n) is 30.4. The quantitative estimate of drug-likeness (QED) is 0.0438. The van der Waals surface area contributed by atoms with Crippen LogP contribution in [0.25, 0.3) is 0 Å². The number of morpholine rings is 2. The zero-order chi connectivity index (χ0) is 63.3. The predicted octanol–water partition coefficient (Wildman–Crippen LogP) is 14.5. The minimum Gasteiger partial charge on any atom is -0.379 e. The first kappa shape index (κ1) is 68.2. The van der Waals surface area contributed by atoms with Crippen molar-refractivity contribution in [1.29, 1.82) is 0 Å². The van der Waals surface area contributed by atoms with E-state index in [0.29, 0.717) is 34.8 Å². The zero-order valence-corrected chi connectivity index (χ0v) is 54.9. The van der Waals surface area contributed by atoms with Gasteiger partial charge in [-0.15, -0.1) is 11.8 Å². The number of Topliss-reactive ketones (excluding diaryl/α,β-unsaturated/α-hetero) is 2. The van der Waals surface area contributed by atoms with Crippen LogP contribution in [0.15, 0.2) is 211 Å². The lowest BCUT2D eigenvalue weighted by Gasteiger charge is -2.38. The summed E-state index contributed by atoms with van der Waals surface area (Å²) in [6.07, 6.45) is 4.05. The summed E-state index contributed by atoms with van der Waals surface area (Å²) in [6, 6.07) is 65.6. The van der Waals surface area contributed by atoms with Gasteiger partial charge < -0.3 is 18.9 Å². The van der Waals surface area contributed by atoms with Crippen molar-refractivity contribution >= 4 is 58.1 Å². The van der Waals surface area contributed by atoms with Gasteiger partial charge in [0.05, 0.1) is 32.0 Å². The van der Waals surface area contributed by atoms with E-state index in [1.165, 1.54) is 16.0 Å². The number of benzene rings is 8. The Balaban J connectivity index is 0.000000172. The molecular formula is C76H88N3O7PS. The first-order chi connectivity index (χ1) is 42.3. The van der Waals surface area contributed by atoms with Gasteiger partial charge in [0, 0.05) is 88.0 Å². The summed E-state index contributed by atoms with van der Waals surface area (Å²) in [5.74, 6) is 0.575. The fourth-order valence-electron chi connectivity index (χ4n) is 11.3. The van der Waals surface area contributed by atoms with Gasteiger partial charge in [-0.3, -0.25) is 29.0 Å². The molecule has 88 heavy (non-hydrogen) atoms. The lowest BCUT2D eigenvalue weighted by atomic mass is 9.80. The highest BCUT2D eigenvalue weighted by Crippen LogP contribution is 2.48. The highest BCUT2D eigenvalue weighted by atomic mass is 32.2. The van der Waals surface area contributed by atoms with E-state index in [9.17, 15) is 23.7 Å². The van der Waals surface area contributed by atoms with Gasteiger partial charge >= 0.3 is 0 Å². The summed E-state index contributed by atoms with van der Waals surface area (Å²) in [6.45, 7) is 21.7. The Labute approximate surface area is 528 Å². The number of carbonyl (C=O) groups is 4. The standard InChI is InChI=1S/C24H32N2O2.C22H21O2P.C17H25NO2S.C13H10O/c1-5-24(25(3)4,18-20-8-6-19(2)7-9-20)23(27)21-10-12-22(13-11-21)26-14-16-28-17-15-26;1-16-14-17(2)21(18(3)15-16)22(23)25(24,19-10-6-4-7-11-19)20-12-8-5-9-13-20;1-17(2,13-18-8-10-20-11-9-18)16(19)12-14-4-6-15(21-3)7-5-14;14-13(11-7-3-1-4-8-11)12-9-5-2-6-10-12/h6-13H,5,14-18H2,1-4H3;4-15H,1-3H3;4-7H,8-13H2,1-3H3;1-10H. The van der Waals surface area contributed by atoms with Crippen LogP contribution in [0.1, 0.15) is 97.2 Å². The van der Waals surface area contributed by atoms with E-state index < -0.39 is 12.7 Å². The summed E-state index contributed by atoms with van der Waals surface area (Å²) in [7, 11) is 0.578. The molecule has 2 fully saturated rings. The number of rotatable bonds is 19. The van der Waals surface area contributed by atoms with Crippen LogP contribution in [-0.2, 0) is 31.7 Å². The molecule has 0 bridgehead atoms. The number of thioether (sulfide) groups is 1. The highest BCUT2D eigenvalue weighted by Gasteiger charge is 2.40. The summed E-state index contributed by atoms with van der Waals surface area (Å²) in [5.41, 5.74) is 9.20. The van der Waals surface area contributed by atoms with Crippen LogP contribution in [0, 0.1) is 33.1 Å². The van der Waals surface area contributed by atoms with E-state index >= 15 is 0 Å². The number of nitrogens with zero attached hydrogens (tertiary/aromatic N) is 3. The van der Waals surface area contributed by atoms with Gasteiger partial charge in [0.2, 0.25) is 12.7 Å². The molecule has 460 valence electrons. The third-order valence-electron chi connectivity index (χ3n) is 16.5. The van der Waals surface area contributed by atoms with Crippen LogP contribution in [0.3, 0.4) is 0 Å². The SMILES string of the molecule is CCC(Cc1ccc(C)cc1)(C(=O)c1ccc(N2CCOCC2)cc1)N(C)C.CSc1ccc(CC(=O)C(C)(C)CN2CCOCC2)cc1.Cc1cc(C)c(C(=O)P(=O)(c2ccccc2)c2ccccc2)c(C)c1.O=C(c1ccccc1)c1ccccc1. The van der Waals surface area contributed by atoms with Crippen molar-refractivity contribution < 1.29 is 33.2 Å². The second-order valence-electron chi connectivity index (χ2n) is 23.6. The highest BCUT2D eigenvalue weighted by molar-refractivity contribution is 7.98. The van der Waals surface area contributed by atoms with Crippen molar-refractivity contribution in [2.24, 2.45) is 5.41 Å². The maximum atomic E-state index is 14.2. The Bertz CT molecular complexity index is 3440. The molecule has 8 aromatic rings. The van der Waals surface area contributed by atoms with Gasteiger partial charge in [0.25, 0.3) is 0 Å². The van der Waals surface area contributed by atoms with E-state index in [1.807, 2.05) is 156 Å². The molecule has 2 heterocycles. The summed E-state index contributed by atoms with van der Waals surface area (Å²) >= 11 is 1.72. The number of aryl methyl sites for hydroxylation is 4. The number of likely N-dealkylation sites (N-methyl/N-ethyl adjacent to an activating group) is 1. The van der Waals surface area contributed by atoms with Gasteiger partial charge in [-0.1, -0.05) is 202 Å². The third-order valence-corrected chi connectivity index (χ3v) is 20.1. The first-order valence-corrected chi connectivity index (χ1v) is 33.4. The van der Waals surface area contributed by atoms with Crippen molar-refractivity contribution in [2.75, 3.05) is 84.4 Å². The lowest BCUT2D eigenvalue weighted by Crippen LogP contribution is -2.52. The Hall–Kier alpha value is -7.34. The summed E-state index contributed by atoms with van der Waals surface area (Å²) < 4.78 is 25.0. The van der Waals surface area contributed by atoms with E-state index in [1.54, 1.807) is 36.0 Å². The van der Waals surface area contributed by atoms with E-state index in [-0.39, 0.29) is 22.5 Å². The molecule has 2 aliphatic rings.